The zero-order chi connectivity index (χ0) is 14.8. The van der Waals surface area contributed by atoms with E-state index in [2.05, 4.69) is 20.8 Å². The molecule has 7 atom stereocenters. The van der Waals surface area contributed by atoms with Gasteiger partial charge >= 0.3 is 0 Å². The van der Waals surface area contributed by atoms with E-state index in [0.717, 1.165) is 24.2 Å². The topological polar surface area (TPSA) is 17.1 Å². The molecule has 21 heavy (non-hydrogen) atoms. The first-order valence-corrected chi connectivity index (χ1v) is 9.47. The van der Waals surface area contributed by atoms with Gasteiger partial charge in [-0.25, -0.2) is 0 Å². The average Bonchev–Trinajstić information content (AvgIpc) is 2.82. The Kier molecular flexibility index (Phi) is 3.12. The van der Waals surface area contributed by atoms with Crippen LogP contribution in [-0.4, -0.2) is 5.78 Å². The number of hydrogen-bond acceptors (Lipinski definition) is 1. The van der Waals surface area contributed by atoms with Gasteiger partial charge in [0.25, 0.3) is 0 Å². The highest BCUT2D eigenvalue weighted by molar-refractivity contribution is 5.82. The molecule has 1 unspecified atom stereocenters. The molecule has 0 aromatic heterocycles. The maximum atomic E-state index is 12.2. The Hall–Kier alpha value is -0.330. The van der Waals surface area contributed by atoms with Crippen molar-refractivity contribution in [2.45, 2.75) is 78.6 Å². The summed E-state index contributed by atoms with van der Waals surface area (Å²) in [5.41, 5.74) is 1.14. The van der Waals surface area contributed by atoms with Gasteiger partial charge in [0.2, 0.25) is 0 Å². The Labute approximate surface area is 130 Å². The van der Waals surface area contributed by atoms with E-state index in [0.29, 0.717) is 28.4 Å². The van der Waals surface area contributed by atoms with Gasteiger partial charge in [-0.1, -0.05) is 27.2 Å². The average molecular weight is 288 g/mol. The molecule has 0 radical (unpaired) electrons. The molecule has 0 aromatic carbocycles. The summed E-state index contributed by atoms with van der Waals surface area (Å²) in [5, 5.41) is 0. The van der Waals surface area contributed by atoms with Gasteiger partial charge in [0.1, 0.15) is 5.78 Å². The number of Topliss-reactive ketones (excluding diaryl/α,β-unsaturated/α-hetero) is 1. The minimum absolute atomic E-state index is 0.321. The van der Waals surface area contributed by atoms with Crippen LogP contribution in [-0.2, 0) is 4.79 Å². The molecule has 1 heteroatoms. The van der Waals surface area contributed by atoms with Gasteiger partial charge < -0.3 is 0 Å². The van der Waals surface area contributed by atoms with Gasteiger partial charge in [-0.3, -0.25) is 4.79 Å². The summed E-state index contributed by atoms with van der Waals surface area (Å²) in [7, 11) is 0. The van der Waals surface area contributed by atoms with Crippen LogP contribution in [0.5, 0.6) is 0 Å². The van der Waals surface area contributed by atoms with Gasteiger partial charge in [0.15, 0.2) is 0 Å². The third kappa shape index (κ3) is 1.91. The van der Waals surface area contributed by atoms with E-state index in [9.17, 15) is 4.79 Å². The minimum Gasteiger partial charge on any atom is -0.299 e. The molecule has 4 saturated carbocycles. The molecular weight excluding hydrogens is 256 g/mol. The number of carbonyl (C=O) groups is 1. The van der Waals surface area contributed by atoms with Crippen LogP contribution in [0.3, 0.4) is 0 Å². The third-order valence-corrected chi connectivity index (χ3v) is 8.59. The lowest BCUT2D eigenvalue weighted by molar-refractivity contribution is -0.144. The van der Waals surface area contributed by atoms with Crippen LogP contribution in [0, 0.1) is 40.4 Å². The molecule has 0 amide bonds. The Morgan fingerprint density at radius 2 is 1.81 bits per heavy atom. The van der Waals surface area contributed by atoms with Crippen molar-refractivity contribution in [3.8, 4) is 0 Å². The Morgan fingerprint density at radius 1 is 1.00 bits per heavy atom. The van der Waals surface area contributed by atoms with Gasteiger partial charge in [0.05, 0.1) is 0 Å². The van der Waals surface area contributed by atoms with E-state index >= 15 is 0 Å². The summed E-state index contributed by atoms with van der Waals surface area (Å²) >= 11 is 0. The Balaban J connectivity index is 1.65. The van der Waals surface area contributed by atoms with E-state index in [4.69, 9.17) is 0 Å². The van der Waals surface area contributed by atoms with Gasteiger partial charge in [-0.05, 0) is 79.4 Å². The van der Waals surface area contributed by atoms with Crippen molar-refractivity contribution in [3.05, 3.63) is 0 Å². The second-order valence-electron chi connectivity index (χ2n) is 9.52. The fraction of sp³-hybridized carbons (Fsp3) is 0.950. The second-order valence-corrected chi connectivity index (χ2v) is 9.52. The highest BCUT2D eigenvalue weighted by Crippen LogP contribution is 2.66. The number of hydrogen-bond donors (Lipinski definition) is 0. The first kappa shape index (κ1) is 14.3. The van der Waals surface area contributed by atoms with Crippen LogP contribution in [0.15, 0.2) is 0 Å². The molecule has 0 aromatic rings. The molecule has 118 valence electrons. The monoisotopic (exact) mass is 288 g/mol. The van der Waals surface area contributed by atoms with Crippen LogP contribution in [0.1, 0.15) is 78.6 Å². The fourth-order valence-corrected chi connectivity index (χ4v) is 7.40. The normalized spacial score (nSPS) is 56.5. The highest BCUT2D eigenvalue weighted by atomic mass is 16.1. The maximum Gasteiger partial charge on any atom is 0.136 e. The standard InChI is InChI=1S/C20H32O/c1-13-12-20(3)14(11-18(13)21)6-7-15-16-5-4-9-19(16,2)10-8-17(15)20/h13-17H,4-12H2,1-3H3/t13-,14?,15+,16+,17+,19+,20+/m1/s1. The lowest BCUT2D eigenvalue weighted by Crippen LogP contribution is -2.54. The molecule has 0 aliphatic heterocycles. The van der Waals surface area contributed by atoms with Crippen molar-refractivity contribution >= 4 is 5.78 Å². The molecule has 0 bridgehead atoms. The molecule has 1 nitrogen and oxygen atoms in total. The Bertz CT molecular complexity index is 455. The molecule has 4 fully saturated rings. The third-order valence-electron chi connectivity index (χ3n) is 8.59. The van der Waals surface area contributed by atoms with Crippen molar-refractivity contribution in [1.29, 1.82) is 0 Å². The van der Waals surface area contributed by atoms with Crippen LogP contribution in [0.4, 0.5) is 0 Å². The summed E-state index contributed by atoms with van der Waals surface area (Å²) in [6, 6.07) is 0. The SMILES string of the molecule is C[C@@H]1C[C@@]2(C)C(CC[C@H]3[C@@H]4CCC[C@@]4(C)CC[C@@H]32)CC1=O. The number of rotatable bonds is 0. The number of ketones is 1. The number of fused-ring (bicyclic) bond motifs is 5. The fourth-order valence-electron chi connectivity index (χ4n) is 7.40. The van der Waals surface area contributed by atoms with Crippen molar-refractivity contribution in [3.63, 3.8) is 0 Å². The molecule has 0 heterocycles. The summed E-state index contributed by atoms with van der Waals surface area (Å²) in [5.74, 6) is 4.48. The summed E-state index contributed by atoms with van der Waals surface area (Å²) in [6.07, 6.45) is 12.2. The largest absolute Gasteiger partial charge is 0.299 e. The minimum atomic E-state index is 0.321. The lowest BCUT2D eigenvalue weighted by atomic mass is 9.44. The molecule has 0 N–H and O–H groups in total. The predicted molar refractivity (Wildman–Crippen MR) is 85.9 cm³/mol. The van der Waals surface area contributed by atoms with Crippen LogP contribution in [0.25, 0.3) is 0 Å². The predicted octanol–water partition coefficient (Wildman–Crippen LogP) is 5.23. The van der Waals surface area contributed by atoms with E-state index in [1.807, 2.05) is 0 Å². The van der Waals surface area contributed by atoms with E-state index in [-0.39, 0.29) is 0 Å². The van der Waals surface area contributed by atoms with Crippen LogP contribution >= 0.6 is 0 Å². The van der Waals surface area contributed by atoms with Crippen LogP contribution in [0.2, 0.25) is 0 Å². The summed E-state index contributed by atoms with van der Waals surface area (Å²) < 4.78 is 0. The highest BCUT2D eigenvalue weighted by Gasteiger charge is 2.58. The van der Waals surface area contributed by atoms with Crippen LogP contribution < -0.4 is 0 Å². The maximum absolute atomic E-state index is 12.2. The zero-order valence-electron chi connectivity index (χ0n) is 14.2. The summed E-state index contributed by atoms with van der Waals surface area (Å²) in [4.78, 5) is 12.2. The van der Waals surface area contributed by atoms with Crippen molar-refractivity contribution < 1.29 is 4.79 Å². The molecule has 0 saturated heterocycles. The van der Waals surface area contributed by atoms with Gasteiger partial charge in [-0.2, -0.15) is 0 Å². The zero-order valence-corrected chi connectivity index (χ0v) is 14.2. The second kappa shape index (κ2) is 4.59. The quantitative estimate of drug-likeness (QED) is 0.596. The van der Waals surface area contributed by atoms with Gasteiger partial charge in [0, 0.05) is 12.3 Å². The van der Waals surface area contributed by atoms with Crippen molar-refractivity contribution in [2.24, 2.45) is 40.4 Å². The van der Waals surface area contributed by atoms with Gasteiger partial charge in [-0.15, -0.1) is 0 Å². The smallest absolute Gasteiger partial charge is 0.136 e. The summed E-state index contributed by atoms with van der Waals surface area (Å²) in [6.45, 7) is 7.34. The molecule has 4 aliphatic carbocycles. The van der Waals surface area contributed by atoms with E-state index in [1.165, 1.54) is 51.4 Å². The first-order valence-electron chi connectivity index (χ1n) is 9.47. The molecule has 4 aliphatic rings. The lowest BCUT2D eigenvalue weighted by Gasteiger charge is -2.60. The Morgan fingerprint density at radius 3 is 2.62 bits per heavy atom. The molecule has 4 rings (SSSR count). The molecule has 0 spiro atoms. The van der Waals surface area contributed by atoms with E-state index in [1.54, 1.807) is 0 Å². The molecular formula is C20H32O. The van der Waals surface area contributed by atoms with Crippen molar-refractivity contribution in [1.82, 2.24) is 0 Å². The first-order chi connectivity index (χ1) is 9.94. The number of carbonyl (C=O) groups excluding carboxylic acids is 1. The van der Waals surface area contributed by atoms with E-state index < -0.39 is 0 Å². The van der Waals surface area contributed by atoms with Crippen molar-refractivity contribution in [2.75, 3.05) is 0 Å².